The summed E-state index contributed by atoms with van der Waals surface area (Å²) < 4.78 is 0. The molecule has 0 saturated carbocycles. The number of carbonyl (C=O) groups is 1. The Morgan fingerprint density at radius 2 is 1.75 bits per heavy atom. The standard InChI is InChI=1S/C16H18N2O2/c1-16(2,3)12-4-6-13(7-5-12)18-15(20)11-8-9-17-14(19)10-11/h4-10H,1-3H3,(H,17,19)(H,18,20). The third-order valence-electron chi connectivity index (χ3n) is 3.05. The van der Waals surface area contributed by atoms with Crippen molar-refractivity contribution in [3.8, 4) is 0 Å². The van der Waals surface area contributed by atoms with E-state index in [1.54, 1.807) is 6.07 Å². The van der Waals surface area contributed by atoms with Crippen LogP contribution in [0.25, 0.3) is 0 Å². The van der Waals surface area contributed by atoms with Gasteiger partial charge in [-0.2, -0.15) is 0 Å². The molecule has 0 saturated heterocycles. The average Bonchev–Trinajstić information content (AvgIpc) is 2.38. The normalized spacial score (nSPS) is 11.2. The first kappa shape index (κ1) is 14.1. The van der Waals surface area contributed by atoms with Gasteiger partial charge in [-0.3, -0.25) is 9.59 Å². The maximum atomic E-state index is 12.0. The number of pyridine rings is 1. The summed E-state index contributed by atoms with van der Waals surface area (Å²) in [5.74, 6) is -0.292. The number of benzene rings is 1. The molecule has 1 heterocycles. The first-order valence-corrected chi connectivity index (χ1v) is 6.47. The quantitative estimate of drug-likeness (QED) is 0.881. The molecular formula is C16H18N2O2. The summed E-state index contributed by atoms with van der Waals surface area (Å²) in [5.41, 5.74) is 2.04. The van der Waals surface area contributed by atoms with Crippen LogP contribution in [-0.4, -0.2) is 10.9 Å². The van der Waals surface area contributed by atoms with Gasteiger partial charge >= 0.3 is 0 Å². The van der Waals surface area contributed by atoms with Crippen molar-refractivity contribution in [2.24, 2.45) is 0 Å². The van der Waals surface area contributed by atoms with E-state index < -0.39 is 0 Å². The van der Waals surface area contributed by atoms with Crippen LogP contribution in [0.2, 0.25) is 0 Å². The van der Waals surface area contributed by atoms with Gasteiger partial charge in [0.1, 0.15) is 0 Å². The predicted octanol–water partition coefficient (Wildman–Crippen LogP) is 2.92. The van der Waals surface area contributed by atoms with Gasteiger partial charge in [0.2, 0.25) is 5.56 Å². The molecule has 1 amide bonds. The Kier molecular flexibility index (Phi) is 3.74. The molecule has 0 aliphatic carbocycles. The lowest BCUT2D eigenvalue weighted by atomic mass is 9.87. The molecule has 4 nitrogen and oxygen atoms in total. The third kappa shape index (κ3) is 3.35. The van der Waals surface area contributed by atoms with Crippen LogP contribution < -0.4 is 10.9 Å². The molecule has 2 aromatic rings. The number of aromatic amines is 1. The van der Waals surface area contributed by atoms with E-state index in [1.165, 1.54) is 17.8 Å². The molecule has 0 bridgehead atoms. The minimum Gasteiger partial charge on any atom is -0.329 e. The highest BCUT2D eigenvalue weighted by Crippen LogP contribution is 2.23. The molecule has 0 aliphatic rings. The fourth-order valence-corrected chi connectivity index (χ4v) is 1.84. The zero-order valence-electron chi connectivity index (χ0n) is 11.9. The van der Waals surface area contributed by atoms with Crippen LogP contribution in [-0.2, 0) is 5.41 Å². The van der Waals surface area contributed by atoms with Crippen molar-refractivity contribution in [2.45, 2.75) is 26.2 Å². The Balaban J connectivity index is 2.14. The molecule has 0 fully saturated rings. The first-order chi connectivity index (χ1) is 9.36. The average molecular weight is 270 g/mol. The van der Waals surface area contributed by atoms with Gasteiger partial charge in [0, 0.05) is 23.5 Å². The Labute approximate surface area is 117 Å². The minimum atomic E-state index is -0.292. The topological polar surface area (TPSA) is 62.0 Å². The van der Waals surface area contributed by atoms with Crippen LogP contribution in [0.5, 0.6) is 0 Å². The molecule has 20 heavy (non-hydrogen) atoms. The first-order valence-electron chi connectivity index (χ1n) is 6.47. The lowest BCUT2D eigenvalue weighted by molar-refractivity contribution is 0.102. The zero-order valence-corrected chi connectivity index (χ0v) is 11.9. The second-order valence-corrected chi connectivity index (χ2v) is 5.72. The number of H-pyrrole nitrogens is 1. The van der Waals surface area contributed by atoms with Crippen LogP contribution >= 0.6 is 0 Å². The highest BCUT2D eigenvalue weighted by atomic mass is 16.2. The molecule has 1 aromatic heterocycles. The number of aromatic nitrogens is 1. The van der Waals surface area contributed by atoms with E-state index in [1.807, 2.05) is 24.3 Å². The molecule has 0 aliphatic heterocycles. The summed E-state index contributed by atoms with van der Waals surface area (Å²) in [6.07, 6.45) is 1.46. The molecule has 4 heteroatoms. The number of carbonyl (C=O) groups excluding carboxylic acids is 1. The van der Waals surface area contributed by atoms with E-state index in [4.69, 9.17) is 0 Å². The fourth-order valence-electron chi connectivity index (χ4n) is 1.84. The van der Waals surface area contributed by atoms with Gasteiger partial charge in [-0.15, -0.1) is 0 Å². The van der Waals surface area contributed by atoms with E-state index in [-0.39, 0.29) is 16.9 Å². The summed E-state index contributed by atoms with van der Waals surface area (Å²) in [5, 5.41) is 2.77. The molecule has 2 N–H and O–H groups in total. The minimum absolute atomic E-state index is 0.0786. The summed E-state index contributed by atoms with van der Waals surface area (Å²) in [6.45, 7) is 6.41. The maximum Gasteiger partial charge on any atom is 0.255 e. The van der Waals surface area contributed by atoms with Crippen LogP contribution in [0.3, 0.4) is 0 Å². The summed E-state index contributed by atoms with van der Waals surface area (Å²) in [7, 11) is 0. The van der Waals surface area contributed by atoms with Crippen LogP contribution in [0.1, 0.15) is 36.7 Å². The van der Waals surface area contributed by atoms with Crippen LogP contribution in [0.4, 0.5) is 5.69 Å². The van der Waals surface area contributed by atoms with E-state index in [0.29, 0.717) is 11.3 Å². The maximum absolute atomic E-state index is 12.0. The number of rotatable bonds is 2. The largest absolute Gasteiger partial charge is 0.329 e. The Hall–Kier alpha value is -2.36. The number of anilines is 1. The molecule has 0 unspecified atom stereocenters. The van der Waals surface area contributed by atoms with Crippen molar-refractivity contribution >= 4 is 11.6 Å². The van der Waals surface area contributed by atoms with Gasteiger partial charge in [0.15, 0.2) is 0 Å². The molecule has 0 atom stereocenters. The zero-order chi connectivity index (χ0) is 14.8. The van der Waals surface area contributed by atoms with Gasteiger partial charge in [0.05, 0.1) is 0 Å². The number of hydrogen-bond acceptors (Lipinski definition) is 2. The number of hydrogen-bond donors (Lipinski definition) is 2. The van der Waals surface area contributed by atoms with Gasteiger partial charge in [-0.1, -0.05) is 32.9 Å². The smallest absolute Gasteiger partial charge is 0.255 e. The molecule has 0 spiro atoms. The van der Waals surface area contributed by atoms with Crippen LogP contribution in [0.15, 0.2) is 47.4 Å². The van der Waals surface area contributed by atoms with E-state index in [2.05, 4.69) is 31.1 Å². The van der Waals surface area contributed by atoms with Crippen molar-refractivity contribution in [3.63, 3.8) is 0 Å². The Bertz CT molecular complexity index is 664. The molecule has 0 radical (unpaired) electrons. The van der Waals surface area contributed by atoms with Crippen LogP contribution in [0, 0.1) is 0 Å². The highest BCUT2D eigenvalue weighted by Gasteiger charge is 2.13. The fraction of sp³-hybridized carbons (Fsp3) is 0.250. The molecule has 1 aromatic carbocycles. The van der Waals surface area contributed by atoms with Crippen molar-refractivity contribution in [3.05, 3.63) is 64.1 Å². The van der Waals surface area contributed by atoms with E-state index >= 15 is 0 Å². The van der Waals surface area contributed by atoms with Crippen molar-refractivity contribution in [2.75, 3.05) is 5.32 Å². The molecule has 2 rings (SSSR count). The predicted molar refractivity (Wildman–Crippen MR) is 80.2 cm³/mol. The van der Waals surface area contributed by atoms with Gasteiger partial charge in [0.25, 0.3) is 5.91 Å². The summed E-state index contributed by atoms with van der Waals surface area (Å²) in [6, 6.07) is 10.6. The van der Waals surface area contributed by atoms with E-state index in [0.717, 1.165) is 0 Å². The van der Waals surface area contributed by atoms with Gasteiger partial charge in [-0.05, 0) is 29.2 Å². The SMILES string of the molecule is CC(C)(C)c1ccc(NC(=O)c2cc[nH]c(=O)c2)cc1. The van der Waals surface area contributed by atoms with Crippen molar-refractivity contribution in [1.29, 1.82) is 0 Å². The van der Waals surface area contributed by atoms with Crippen molar-refractivity contribution in [1.82, 2.24) is 4.98 Å². The number of amides is 1. The second-order valence-electron chi connectivity index (χ2n) is 5.72. The lowest BCUT2D eigenvalue weighted by Gasteiger charge is -2.19. The second kappa shape index (κ2) is 5.33. The summed E-state index contributed by atoms with van der Waals surface area (Å²) >= 11 is 0. The number of nitrogens with one attached hydrogen (secondary N) is 2. The third-order valence-corrected chi connectivity index (χ3v) is 3.05. The van der Waals surface area contributed by atoms with Crippen molar-refractivity contribution < 1.29 is 4.79 Å². The Morgan fingerprint density at radius 3 is 2.30 bits per heavy atom. The van der Waals surface area contributed by atoms with E-state index in [9.17, 15) is 9.59 Å². The molecule has 104 valence electrons. The Morgan fingerprint density at radius 1 is 1.10 bits per heavy atom. The van der Waals surface area contributed by atoms with Gasteiger partial charge < -0.3 is 10.3 Å². The lowest BCUT2D eigenvalue weighted by Crippen LogP contribution is -2.16. The molecular weight excluding hydrogens is 252 g/mol. The van der Waals surface area contributed by atoms with Gasteiger partial charge in [-0.25, -0.2) is 0 Å². The monoisotopic (exact) mass is 270 g/mol. The highest BCUT2D eigenvalue weighted by molar-refractivity contribution is 6.04. The summed E-state index contributed by atoms with van der Waals surface area (Å²) in [4.78, 5) is 25.6.